The molecular weight excluding hydrogens is 245 g/mol. The smallest absolute Gasteiger partial charge is 0.105 e. The van der Waals surface area contributed by atoms with Gasteiger partial charge in [-0.3, -0.25) is 4.90 Å². The summed E-state index contributed by atoms with van der Waals surface area (Å²) >= 11 is 2.07. The first-order valence-electron chi connectivity index (χ1n) is 3.05. The summed E-state index contributed by atoms with van der Waals surface area (Å²) in [6.07, 6.45) is 0. The molecule has 0 radical (unpaired) electrons. The van der Waals surface area contributed by atoms with E-state index in [1.54, 1.807) is 3.11 Å². The quantitative estimate of drug-likeness (QED) is 0.402. The number of nitrogens with zero attached hydrogens (tertiary/aromatic N) is 2. The Morgan fingerprint density at radius 3 is 2.60 bits per heavy atom. The van der Waals surface area contributed by atoms with E-state index in [1.807, 2.05) is 14.1 Å². The van der Waals surface area contributed by atoms with Gasteiger partial charge < -0.3 is 10.4 Å². The number of aliphatic hydroxyl groups excluding tert-OH is 1. The van der Waals surface area contributed by atoms with Gasteiger partial charge >= 0.3 is 0 Å². The third-order valence-corrected chi connectivity index (χ3v) is 1.59. The third kappa shape index (κ3) is 5.36. The molecule has 0 saturated carbocycles. The van der Waals surface area contributed by atoms with Gasteiger partial charge in [-0.1, -0.05) is 0 Å². The molecular formula is C5H14IN3O. The maximum Gasteiger partial charge on any atom is 0.105 e. The molecule has 5 heteroatoms. The molecule has 0 amide bonds. The minimum Gasteiger partial charge on any atom is -0.380 e. The molecule has 4 nitrogen and oxygen atoms in total. The Balaban J connectivity index is 3.27. The highest BCUT2D eigenvalue weighted by atomic mass is 127. The van der Waals surface area contributed by atoms with Crippen LogP contribution in [-0.2, 0) is 0 Å². The maximum absolute atomic E-state index is 8.62. The minimum absolute atomic E-state index is 0.0919. The van der Waals surface area contributed by atoms with Crippen LogP contribution in [-0.4, -0.2) is 47.3 Å². The predicted molar refractivity (Wildman–Crippen MR) is 49.5 cm³/mol. The monoisotopic (exact) mass is 259 g/mol. The van der Waals surface area contributed by atoms with Gasteiger partial charge in [0.05, 0.1) is 6.67 Å². The number of hydrogen-bond acceptors (Lipinski definition) is 4. The van der Waals surface area contributed by atoms with Crippen molar-refractivity contribution in [1.29, 1.82) is 0 Å². The molecule has 0 aromatic carbocycles. The van der Waals surface area contributed by atoms with E-state index < -0.39 is 0 Å². The van der Waals surface area contributed by atoms with Crippen molar-refractivity contribution in [1.82, 2.24) is 13.3 Å². The molecule has 10 heavy (non-hydrogen) atoms. The molecule has 62 valence electrons. The van der Waals surface area contributed by atoms with E-state index in [1.165, 1.54) is 0 Å². The summed E-state index contributed by atoms with van der Waals surface area (Å²) in [6.45, 7) is 1.69. The third-order valence-electron chi connectivity index (χ3n) is 0.976. The molecule has 0 spiro atoms. The summed E-state index contributed by atoms with van der Waals surface area (Å²) < 4.78 is 1.79. The van der Waals surface area contributed by atoms with E-state index in [0.717, 1.165) is 13.3 Å². The molecule has 0 aliphatic heterocycles. The van der Waals surface area contributed by atoms with Crippen LogP contribution in [0.4, 0.5) is 0 Å². The van der Waals surface area contributed by atoms with E-state index in [-0.39, 0.29) is 6.73 Å². The van der Waals surface area contributed by atoms with E-state index in [4.69, 9.17) is 5.11 Å². The van der Waals surface area contributed by atoms with Crippen molar-refractivity contribution in [2.24, 2.45) is 0 Å². The van der Waals surface area contributed by atoms with Gasteiger partial charge in [0.15, 0.2) is 0 Å². The van der Waals surface area contributed by atoms with Crippen LogP contribution >= 0.6 is 22.9 Å². The fourth-order valence-corrected chi connectivity index (χ4v) is 1.15. The molecule has 0 aliphatic rings. The molecule has 0 unspecified atom stereocenters. The van der Waals surface area contributed by atoms with Crippen LogP contribution in [0.3, 0.4) is 0 Å². The van der Waals surface area contributed by atoms with Crippen molar-refractivity contribution >= 4 is 22.9 Å². The SMILES string of the molecule is CNCN(C)CN(I)CO. The van der Waals surface area contributed by atoms with E-state index in [2.05, 4.69) is 33.1 Å². The summed E-state index contributed by atoms with van der Waals surface area (Å²) in [5.74, 6) is 0. The lowest BCUT2D eigenvalue weighted by molar-refractivity contribution is 0.148. The molecule has 0 bridgehead atoms. The van der Waals surface area contributed by atoms with E-state index in [0.29, 0.717) is 0 Å². The highest BCUT2D eigenvalue weighted by molar-refractivity contribution is 14.1. The van der Waals surface area contributed by atoms with Crippen molar-refractivity contribution in [3.63, 3.8) is 0 Å². The van der Waals surface area contributed by atoms with Crippen LogP contribution in [0.1, 0.15) is 0 Å². The molecule has 0 aliphatic carbocycles. The van der Waals surface area contributed by atoms with Gasteiger partial charge in [0.25, 0.3) is 0 Å². The fourth-order valence-electron chi connectivity index (χ4n) is 0.627. The number of rotatable bonds is 5. The Bertz CT molecular complexity index is 83.3. The average molecular weight is 259 g/mol. The van der Waals surface area contributed by atoms with Gasteiger partial charge in [0, 0.05) is 29.5 Å². The van der Waals surface area contributed by atoms with Crippen molar-refractivity contribution in [3.8, 4) is 0 Å². The van der Waals surface area contributed by atoms with Crippen molar-refractivity contribution in [3.05, 3.63) is 0 Å². The van der Waals surface area contributed by atoms with Crippen LogP contribution in [0.5, 0.6) is 0 Å². The van der Waals surface area contributed by atoms with Crippen molar-refractivity contribution in [2.45, 2.75) is 0 Å². The maximum atomic E-state index is 8.62. The molecule has 0 atom stereocenters. The van der Waals surface area contributed by atoms with Crippen molar-refractivity contribution < 1.29 is 5.11 Å². The Morgan fingerprint density at radius 2 is 2.20 bits per heavy atom. The van der Waals surface area contributed by atoms with Crippen molar-refractivity contribution in [2.75, 3.05) is 34.2 Å². The minimum atomic E-state index is 0.0919. The van der Waals surface area contributed by atoms with Crippen LogP contribution in [0.15, 0.2) is 0 Å². The predicted octanol–water partition coefficient (Wildman–Crippen LogP) is -0.346. The summed E-state index contributed by atoms with van der Waals surface area (Å²) in [7, 11) is 3.88. The van der Waals surface area contributed by atoms with Crippen LogP contribution in [0.2, 0.25) is 0 Å². The zero-order valence-electron chi connectivity index (χ0n) is 6.34. The topological polar surface area (TPSA) is 38.7 Å². The Hall–Kier alpha value is 0.570. The molecule has 0 fully saturated rings. The van der Waals surface area contributed by atoms with Crippen LogP contribution < -0.4 is 5.32 Å². The second-order valence-corrected chi connectivity index (χ2v) is 3.48. The average Bonchev–Trinajstić information content (AvgIpc) is 1.88. The zero-order chi connectivity index (χ0) is 7.98. The molecule has 0 aromatic rings. The zero-order valence-corrected chi connectivity index (χ0v) is 8.50. The van der Waals surface area contributed by atoms with Gasteiger partial charge in [0.1, 0.15) is 6.73 Å². The lowest BCUT2D eigenvalue weighted by atomic mass is 10.8. The Morgan fingerprint density at radius 1 is 1.60 bits per heavy atom. The van der Waals surface area contributed by atoms with Crippen LogP contribution in [0, 0.1) is 0 Å². The highest BCUT2D eigenvalue weighted by Gasteiger charge is 2.00. The molecule has 2 N–H and O–H groups in total. The summed E-state index contributed by atoms with van der Waals surface area (Å²) in [5, 5.41) is 11.6. The molecule has 0 saturated heterocycles. The van der Waals surface area contributed by atoms with Gasteiger partial charge in [-0.15, -0.1) is 0 Å². The standard InChI is InChI=1S/C5H14IN3O/c1-7-3-8(2)4-9(6)5-10/h7,10H,3-5H2,1-2H3. The van der Waals surface area contributed by atoms with Crippen LogP contribution in [0.25, 0.3) is 0 Å². The summed E-state index contributed by atoms with van der Waals surface area (Å²) in [6, 6.07) is 0. The first kappa shape index (κ1) is 10.6. The summed E-state index contributed by atoms with van der Waals surface area (Å²) in [4.78, 5) is 2.06. The lowest BCUT2D eigenvalue weighted by Crippen LogP contribution is -2.35. The van der Waals surface area contributed by atoms with Gasteiger partial charge in [0.2, 0.25) is 0 Å². The molecule has 0 heterocycles. The van der Waals surface area contributed by atoms with E-state index >= 15 is 0 Å². The number of nitrogens with one attached hydrogen (secondary N) is 1. The summed E-state index contributed by atoms with van der Waals surface area (Å²) in [5.41, 5.74) is 0. The second kappa shape index (κ2) is 6.29. The Labute approximate surface area is 75.7 Å². The van der Waals surface area contributed by atoms with Gasteiger partial charge in [-0.25, -0.2) is 3.11 Å². The lowest BCUT2D eigenvalue weighted by Gasteiger charge is -2.20. The van der Waals surface area contributed by atoms with Gasteiger partial charge in [-0.2, -0.15) is 0 Å². The first-order valence-corrected chi connectivity index (χ1v) is 4.02. The number of halogens is 1. The first-order chi connectivity index (χ1) is 4.70. The highest BCUT2D eigenvalue weighted by Crippen LogP contribution is 1.96. The largest absolute Gasteiger partial charge is 0.380 e. The normalized spacial score (nSPS) is 11.4. The Kier molecular flexibility index (Phi) is 6.65. The fraction of sp³-hybridized carbons (Fsp3) is 1.00. The molecule has 0 rings (SSSR count). The van der Waals surface area contributed by atoms with E-state index in [9.17, 15) is 0 Å². The number of aliphatic hydroxyl groups is 1. The molecule has 0 aromatic heterocycles. The van der Waals surface area contributed by atoms with Gasteiger partial charge in [-0.05, 0) is 14.1 Å². The number of hydrogen-bond donors (Lipinski definition) is 2. The second-order valence-electron chi connectivity index (χ2n) is 2.11.